The van der Waals surface area contributed by atoms with E-state index in [4.69, 9.17) is 4.74 Å². The van der Waals surface area contributed by atoms with E-state index in [-0.39, 0.29) is 5.41 Å². The van der Waals surface area contributed by atoms with Crippen LogP contribution in [0.5, 0.6) is 5.75 Å². The summed E-state index contributed by atoms with van der Waals surface area (Å²) in [6, 6.07) is 14.0. The molecule has 0 amide bonds. The highest BCUT2D eigenvalue weighted by atomic mass is 16.5. The van der Waals surface area contributed by atoms with E-state index >= 15 is 0 Å². The van der Waals surface area contributed by atoms with Crippen LogP contribution in [0.2, 0.25) is 0 Å². The number of aliphatic carboxylic acids is 1. The monoisotopic (exact) mass is 382 g/mol. The molecule has 0 radical (unpaired) electrons. The van der Waals surface area contributed by atoms with E-state index < -0.39 is 5.97 Å². The molecule has 0 bridgehead atoms. The highest BCUT2D eigenvalue weighted by Gasteiger charge is 2.35. The first-order chi connectivity index (χ1) is 13.7. The number of anilines is 1. The van der Waals surface area contributed by atoms with Crippen molar-refractivity contribution in [2.24, 2.45) is 5.41 Å². The van der Waals surface area contributed by atoms with E-state index in [9.17, 15) is 9.90 Å². The number of ether oxygens (including phenoxy) is 1. The molecular formula is C23H30N2O3. The molecule has 2 N–H and O–H groups in total. The zero-order valence-electron chi connectivity index (χ0n) is 16.4. The number of aromatic nitrogens is 1. The highest BCUT2D eigenvalue weighted by molar-refractivity contribution is 5.67. The summed E-state index contributed by atoms with van der Waals surface area (Å²) in [6.45, 7) is 1.47. The molecule has 0 unspecified atom stereocenters. The largest absolute Gasteiger partial charge is 0.494 e. The molecule has 0 spiro atoms. The fourth-order valence-corrected chi connectivity index (χ4v) is 4.07. The molecule has 1 aliphatic rings. The molecule has 2 aromatic rings. The number of rotatable bonds is 11. The third kappa shape index (κ3) is 6.25. The van der Waals surface area contributed by atoms with Crippen LogP contribution in [0, 0.1) is 5.41 Å². The van der Waals surface area contributed by atoms with Crippen LogP contribution in [0.25, 0.3) is 0 Å². The predicted molar refractivity (Wildman–Crippen MR) is 111 cm³/mol. The summed E-state index contributed by atoms with van der Waals surface area (Å²) in [4.78, 5) is 15.4. The quantitative estimate of drug-likeness (QED) is 0.539. The first-order valence-corrected chi connectivity index (χ1v) is 10.2. The molecule has 1 heterocycles. The molecule has 0 atom stereocenters. The Hall–Kier alpha value is -2.56. The van der Waals surface area contributed by atoms with Gasteiger partial charge in [0.2, 0.25) is 0 Å². The van der Waals surface area contributed by atoms with Crippen LogP contribution in [-0.4, -0.2) is 29.2 Å². The Morgan fingerprint density at radius 3 is 2.61 bits per heavy atom. The highest BCUT2D eigenvalue weighted by Crippen LogP contribution is 2.44. The number of aryl methyl sites for hydroxylation is 1. The molecule has 1 aromatic carbocycles. The van der Waals surface area contributed by atoms with Crippen molar-refractivity contribution in [2.75, 3.05) is 18.5 Å². The normalized spacial score (nSPS) is 15.3. The minimum absolute atomic E-state index is 0.00160. The maximum absolute atomic E-state index is 11.2. The summed E-state index contributed by atoms with van der Waals surface area (Å²) >= 11 is 0. The van der Waals surface area contributed by atoms with E-state index in [1.165, 1.54) is 5.56 Å². The van der Waals surface area contributed by atoms with E-state index in [1.807, 2.05) is 30.3 Å². The van der Waals surface area contributed by atoms with Crippen molar-refractivity contribution in [1.82, 2.24) is 4.98 Å². The number of carbonyl (C=O) groups is 1. The molecule has 1 aliphatic carbocycles. The number of pyridine rings is 1. The molecule has 5 nitrogen and oxygen atoms in total. The lowest BCUT2D eigenvalue weighted by molar-refractivity contribution is -0.139. The summed E-state index contributed by atoms with van der Waals surface area (Å²) in [5.41, 5.74) is 1.25. The topological polar surface area (TPSA) is 71.5 Å². The van der Waals surface area contributed by atoms with Crippen LogP contribution >= 0.6 is 0 Å². The molecule has 1 fully saturated rings. The van der Waals surface area contributed by atoms with Gasteiger partial charge in [-0.2, -0.15) is 0 Å². The zero-order chi connectivity index (χ0) is 19.7. The van der Waals surface area contributed by atoms with Crippen LogP contribution < -0.4 is 10.1 Å². The molecule has 1 saturated carbocycles. The molecule has 3 rings (SSSR count). The van der Waals surface area contributed by atoms with Gasteiger partial charge < -0.3 is 15.2 Å². The van der Waals surface area contributed by atoms with Gasteiger partial charge in [0.1, 0.15) is 11.6 Å². The number of nitrogens with one attached hydrogen (secondary N) is 1. The third-order valence-corrected chi connectivity index (χ3v) is 5.62. The molecule has 150 valence electrons. The smallest absolute Gasteiger partial charge is 0.303 e. The van der Waals surface area contributed by atoms with E-state index in [0.29, 0.717) is 13.0 Å². The van der Waals surface area contributed by atoms with Gasteiger partial charge in [-0.05, 0) is 67.3 Å². The summed E-state index contributed by atoms with van der Waals surface area (Å²) < 4.78 is 5.81. The molecule has 5 heteroatoms. The standard InChI is InChI=1S/C23H30N2O3/c26-22(27)18-23(12-2-3-13-23)14-11-19-7-9-20(10-8-19)28-17-5-16-25-21-6-1-4-15-24-21/h1,4,6-10,15H,2-3,5,11-14,16-18H2,(H,24,25)(H,26,27). The average molecular weight is 383 g/mol. The van der Waals surface area contributed by atoms with E-state index in [0.717, 1.165) is 63.1 Å². The molecule has 1 aromatic heterocycles. The second-order valence-electron chi connectivity index (χ2n) is 7.77. The van der Waals surface area contributed by atoms with Crippen molar-refractivity contribution >= 4 is 11.8 Å². The molecular weight excluding hydrogens is 352 g/mol. The molecule has 0 aliphatic heterocycles. The first kappa shape index (κ1) is 20.2. The summed E-state index contributed by atoms with van der Waals surface area (Å²) in [5, 5.41) is 12.5. The van der Waals surface area contributed by atoms with Gasteiger partial charge in [-0.1, -0.05) is 31.0 Å². The Morgan fingerprint density at radius 2 is 1.93 bits per heavy atom. The zero-order valence-corrected chi connectivity index (χ0v) is 16.4. The maximum atomic E-state index is 11.2. The van der Waals surface area contributed by atoms with E-state index in [1.54, 1.807) is 6.20 Å². The first-order valence-electron chi connectivity index (χ1n) is 10.2. The minimum Gasteiger partial charge on any atom is -0.494 e. The summed E-state index contributed by atoms with van der Waals surface area (Å²) in [5.74, 6) is 1.10. The minimum atomic E-state index is -0.664. The number of hydrogen-bond donors (Lipinski definition) is 2. The molecule has 28 heavy (non-hydrogen) atoms. The lowest BCUT2D eigenvalue weighted by Crippen LogP contribution is -2.21. The maximum Gasteiger partial charge on any atom is 0.303 e. The number of carboxylic acid groups (broad SMARTS) is 1. The lowest BCUT2D eigenvalue weighted by Gasteiger charge is -2.27. The average Bonchev–Trinajstić information content (AvgIpc) is 3.16. The molecule has 0 saturated heterocycles. The van der Waals surface area contributed by atoms with Crippen LogP contribution in [0.4, 0.5) is 5.82 Å². The Morgan fingerprint density at radius 1 is 1.14 bits per heavy atom. The summed E-state index contributed by atoms with van der Waals surface area (Å²) in [6.07, 6.45) is 9.29. The van der Waals surface area contributed by atoms with Crippen molar-refractivity contribution in [1.29, 1.82) is 0 Å². The second kappa shape index (κ2) is 10.1. The number of benzene rings is 1. The number of nitrogens with zero attached hydrogens (tertiary/aromatic N) is 1. The van der Waals surface area contributed by atoms with Gasteiger partial charge >= 0.3 is 5.97 Å². The van der Waals surface area contributed by atoms with Gasteiger partial charge in [0.25, 0.3) is 0 Å². The van der Waals surface area contributed by atoms with Gasteiger partial charge in [0.05, 0.1) is 13.0 Å². The van der Waals surface area contributed by atoms with Gasteiger partial charge in [-0.25, -0.2) is 4.98 Å². The third-order valence-electron chi connectivity index (χ3n) is 5.62. The second-order valence-corrected chi connectivity index (χ2v) is 7.77. The van der Waals surface area contributed by atoms with Crippen molar-refractivity contribution < 1.29 is 14.6 Å². The van der Waals surface area contributed by atoms with Gasteiger partial charge in [-0.3, -0.25) is 4.79 Å². The van der Waals surface area contributed by atoms with Crippen molar-refractivity contribution in [3.8, 4) is 5.75 Å². The lowest BCUT2D eigenvalue weighted by atomic mass is 9.77. The Labute approximate surface area is 167 Å². The van der Waals surface area contributed by atoms with Crippen LogP contribution in [-0.2, 0) is 11.2 Å². The fourth-order valence-electron chi connectivity index (χ4n) is 4.07. The Balaban J connectivity index is 1.38. The van der Waals surface area contributed by atoms with Crippen molar-refractivity contribution in [3.63, 3.8) is 0 Å². The predicted octanol–water partition coefficient (Wildman–Crippen LogP) is 4.93. The van der Waals surface area contributed by atoms with Crippen LogP contribution in [0.15, 0.2) is 48.7 Å². The Bertz CT molecular complexity index is 725. The summed E-state index contributed by atoms with van der Waals surface area (Å²) in [7, 11) is 0. The van der Waals surface area contributed by atoms with Gasteiger partial charge in [0, 0.05) is 12.7 Å². The van der Waals surface area contributed by atoms with Crippen molar-refractivity contribution in [3.05, 3.63) is 54.2 Å². The van der Waals surface area contributed by atoms with E-state index in [2.05, 4.69) is 22.4 Å². The fraction of sp³-hybridized carbons (Fsp3) is 0.478. The number of hydrogen-bond acceptors (Lipinski definition) is 4. The number of carboxylic acids is 1. The van der Waals surface area contributed by atoms with Crippen molar-refractivity contribution in [2.45, 2.75) is 51.4 Å². The van der Waals surface area contributed by atoms with Gasteiger partial charge in [-0.15, -0.1) is 0 Å². The van der Waals surface area contributed by atoms with Crippen LogP contribution in [0.3, 0.4) is 0 Å². The SMILES string of the molecule is O=C(O)CC1(CCc2ccc(OCCCNc3ccccn3)cc2)CCCC1. The van der Waals surface area contributed by atoms with Crippen LogP contribution in [0.1, 0.15) is 50.5 Å². The van der Waals surface area contributed by atoms with Gasteiger partial charge in [0.15, 0.2) is 0 Å². The Kier molecular flexibility index (Phi) is 7.29.